The van der Waals surface area contributed by atoms with E-state index in [9.17, 15) is 9.59 Å². The summed E-state index contributed by atoms with van der Waals surface area (Å²) in [6.07, 6.45) is 1.80. The summed E-state index contributed by atoms with van der Waals surface area (Å²) in [5.41, 5.74) is 0. The molecule has 0 aromatic rings. The van der Waals surface area contributed by atoms with Crippen LogP contribution in [0.4, 0.5) is 0 Å². The molecule has 0 spiro atoms. The summed E-state index contributed by atoms with van der Waals surface area (Å²) in [6, 6.07) is -0.310. The molecule has 2 unspecified atom stereocenters. The minimum Gasteiger partial charge on any atom is -0.343 e. The van der Waals surface area contributed by atoms with Gasteiger partial charge in [0.25, 0.3) is 0 Å². The molecule has 2 heterocycles. The maximum absolute atomic E-state index is 12.1. The van der Waals surface area contributed by atoms with Crippen molar-refractivity contribution >= 4 is 11.8 Å². The Labute approximate surface area is 102 Å². The summed E-state index contributed by atoms with van der Waals surface area (Å²) in [6.45, 7) is 5.01. The normalized spacial score (nSPS) is 30.8. The summed E-state index contributed by atoms with van der Waals surface area (Å²) < 4.78 is 0. The van der Waals surface area contributed by atoms with E-state index < -0.39 is 0 Å². The van der Waals surface area contributed by atoms with Crippen molar-refractivity contribution in [2.75, 3.05) is 33.2 Å². The number of nitrogens with one attached hydrogen (secondary N) is 1. The summed E-state index contributed by atoms with van der Waals surface area (Å²) in [5.74, 6) is 0.580. The molecule has 0 aromatic heterocycles. The van der Waals surface area contributed by atoms with E-state index in [1.807, 2.05) is 6.92 Å². The minimum atomic E-state index is -0.310. The number of hydrogen-bond acceptors (Lipinski definition) is 3. The van der Waals surface area contributed by atoms with Gasteiger partial charge < -0.3 is 15.1 Å². The third-order valence-electron chi connectivity index (χ3n) is 3.66. The molecule has 17 heavy (non-hydrogen) atoms. The van der Waals surface area contributed by atoms with E-state index >= 15 is 0 Å². The van der Waals surface area contributed by atoms with Gasteiger partial charge in [-0.15, -0.1) is 0 Å². The molecule has 5 nitrogen and oxygen atoms in total. The van der Waals surface area contributed by atoms with Crippen LogP contribution in [0.2, 0.25) is 0 Å². The molecule has 2 amide bonds. The van der Waals surface area contributed by atoms with Crippen LogP contribution in [-0.4, -0.2) is 60.9 Å². The Morgan fingerprint density at radius 3 is 2.76 bits per heavy atom. The molecule has 0 saturated carbocycles. The number of rotatable bonds is 3. The van der Waals surface area contributed by atoms with Crippen molar-refractivity contribution in [2.45, 2.75) is 25.8 Å². The number of nitrogens with zero attached hydrogens (tertiary/aromatic N) is 2. The average molecular weight is 239 g/mol. The Morgan fingerprint density at radius 2 is 2.18 bits per heavy atom. The van der Waals surface area contributed by atoms with Crippen molar-refractivity contribution in [3.8, 4) is 0 Å². The third-order valence-corrected chi connectivity index (χ3v) is 3.66. The van der Waals surface area contributed by atoms with Crippen LogP contribution in [0.5, 0.6) is 0 Å². The summed E-state index contributed by atoms with van der Waals surface area (Å²) in [4.78, 5) is 27.6. The first-order valence-corrected chi connectivity index (χ1v) is 6.36. The van der Waals surface area contributed by atoms with Gasteiger partial charge in [-0.1, -0.05) is 6.92 Å². The maximum atomic E-state index is 12.1. The van der Waals surface area contributed by atoms with Crippen LogP contribution in [0.3, 0.4) is 0 Å². The minimum absolute atomic E-state index is 0.0252. The zero-order chi connectivity index (χ0) is 12.4. The van der Waals surface area contributed by atoms with Gasteiger partial charge in [0.2, 0.25) is 11.8 Å². The zero-order valence-electron chi connectivity index (χ0n) is 10.6. The fraction of sp³-hybridized carbons (Fsp3) is 0.833. The van der Waals surface area contributed by atoms with E-state index in [1.54, 1.807) is 4.90 Å². The van der Waals surface area contributed by atoms with Crippen LogP contribution in [0, 0.1) is 5.92 Å². The SMILES string of the molecule is CCC1NC(=O)CN(CC2CCN(C)C2)C1=O. The number of carbonyl (C=O) groups is 2. The van der Waals surface area contributed by atoms with Crippen molar-refractivity contribution < 1.29 is 9.59 Å². The van der Waals surface area contributed by atoms with E-state index in [1.165, 1.54) is 0 Å². The second-order valence-electron chi connectivity index (χ2n) is 5.16. The Bertz CT molecular complexity index is 319. The molecular formula is C12H21N3O2. The van der Waals surface area contributed by atoms with E-state index in [0.29, 0.717) is 12.3 Å². The molecule has 0 aromatic carbocycles. The van der Waals surface area contributed by atoms with E-state index in [2.05, 4.69) is 17.3 Å². The molecule has 2 fully saturated rings. The fourth-order valence-corrected chi connectivity index (χ4v) is 2.69. The van der Waals surface area contributed by atoms with Crippen LogP contribution >= 0.6 is 0 Å². The molecule has 2 saturated heterocycles. The third kappa shape index (κ3) is 2.77. The quantitative estimate of drug-likeness (QED) is 0.734. The van der Waals surface area contributed by atoms with Crippen LogP contribution in [0.25, 0.3) is 0 Å². The second-order valence-corrected chi connectivity index (χ2v) is 5.16. The van der Waals surface area contributed by atoms with Crippen molar-refractivity contribution in [1.29, 1.82) is 0 Å². The lowest BCUT2D eigenvalue weighted by molar-refractivity contribution is -0.144. The van der Waals surface area contributed by atoms with Crippen molar-refractivity contribution in [3.05, 3.63) is 0 Å². The van der Waals surface area contributed by atoms with Gasteiger partial charge in [0.05, 0.1) is 6.54 Å². The lowest BCUT2D eigenvalue weighted by Crippen LogP contribution is -2.58. The highest BCUT2D eigenvalue weighted by Crippen LogP contribution is 2.17. The number of carbonyl (C=O) groups excluding carboxylic acids is 2. The van der Waals surface area contributed by atoms with Crippen molar-refractivity contribution in [1.82, 2.24) is 15.1 Å². The second kappa shape index (κ2) is 5.04. The summed E-state index contributed by atoms with van der Waals surface area (Å²) in [5, 5.41) is 2.74. The van der Waals surface area contributed by atoms with Gasteiger partial charge in [-0.2, -0.15) is 0 Å². The molecule has 96 valence electrons. The zero-order valence-corrected chi connectivity index (χ0v) is 10.6. The summed E-state index contributed by atoms with van der Waals surface area (Å²) in [7, 11) is 2.10. The largest absolute Gasteiger partial charge is 0.343 e. The van der Waals surface area contributed by atoms with Crippen molar-refractivity contribution in [2.24, 2.45) is 5.92 Å². The monoisotopic (exact) mass is 239 g/mol. The van der Waals surface area contributed by atoms with E-state index in [4.69, 9.17) is 0 Å². The molecule has 0 bridgehead atoms. The Kier molecular flexibility index (Phi) is 3.66. The first-order valence-electron chi connectivity index (χ1n) is 6.36. The van der Waals surface area contributed by atoms with Gasteiger partial charge in [-0.25, -0.2) is 0 Å². The van der Waals surface area contributed by atoms with Crippen LogP contribution in [0.1, 0.15) is 19.8 Å². The first kappa shape index (κ1) is 12.4. The fourth-order valence-electron chi connectivity index (χ4n) is 2.69. The number of amides is 2. The molecule has 2 aliphatic heterocycles. The highest BCUT2D eigenvalue weighted by molar-refractivity contribution is 5.94. The highest BCUT2D eigenvalue weighted by Gasteiger charge is 2.33. The van der Waals surface area contributed by atoms with E-state index in [0.717, 1.165) is 26.1 Å². The standard InChI is InChI=1S/C12H21N3O2/c1-3-10-12(17)15(8-11(16)13-10)7-9-4-5-14(2)6-9/h9-10H,3-8H2,1-2H3,(H,13,16). The van der Waals surface area contributed by atoms with Crippen LogP contribution in [-0.2, 0) is 9.59 Å². The topological polar surface area (TPSA) is 52.7 Å². The van der Waals surface area contributed by atoms with E-state index in [-0.39, 0.29) is 24.4 Å². The smallest absolute Gasteiger partial charge is 0.245 e. The molecule has 2 rings (SSSR count). The lowest BCUT2D eigenvalue weighted by Gasteiger charge is -2.33. The number of likely N-dealkylation sites (tertiary alicyclic amines) is 1. The molecule has 1 N–H and O–H groups in total. The van der Waals surface area contributed by atoms with Gasteiger partial charge in [-0.3, -0.25) is 9.59 Å². The Hall–Kier alpha value is -1.10. The number of piperazine rings is 1. The van der Waals surface area contributed by atoms with Gasteiger partial charge in [-0.05, 0) is 32.4 Å². The summed E-state index contributed by atoms with van der Waals surface area (Å²) >= 11 is 0. The number of hydrogen-bond donors (Lipinski definition) is 1. The van der Waals surface area contributed by atoms with Crippen LogP contribution < -0.4 is 5.32 Å². The predicted octanol–water partition coefficient (Wildman–Crippen LogP) is -0.325. The molecule has 0 radical (unpaired) electrons. The first-order chi connectivity index (χ1) is 8.10. The van der Waals surface area contributed by atoms with Crippen LogP contribution in [0.15, 0.2) is 0 Å². The van der Waals surface area contributed by atoms with Gasteiger partial charge in [0.15, 0.2) is 0 Å². The molecule has 5 heteroatoms. The van der Waals surface area contributed by atoms with Gasteiger partial charge in [0.1, 0.15) is 6.04 Å². The average Bonchev–Trinajstić information content (AvgIpc) is 2.69. The molecule has 2 atom stereocenters. The lowest BCUT2D eigenvalue weighted by atomic mass is 10.1. The predicted molar refractivity (Wildman–Crippen MR) is 64.4 cm³/mol. The molecule has 2 aliphatic rings. The Morgan fingerprint density at radius 1 is 1.41 bits per heavy atom. The Balaban J connectivity index is 1.94. The molecule has 0 aliphatic carbocycles. The van der Waals surface area contributed by atoms with Crippen molar-refractivity contribution in [3.63, 3.8) is 0 Å². The highest BCUT2D eigenvalue weighted by atomic mass is 16.2. The van der Waals surface area contributed by atoms with Gasteiger partial charge >= 0.3 is 0 Å². The van der Waals surface area contributed by atoms with Gasteiger partial charge in [0, 0.05) is 13.1 Å². The molecular weight excluding hydrogens is 218 g/mol. The maximum Gasteiger partial charge on any atom is 0.245 e.